The molecule has 2 rings (SSSR count). The van der Waals surface area contributed by atoms with E-state index in [1.807, 2.05) is 13.8 Å². The van der Waals surface area contributed by atoms with Gasteiger partial charge < -0.3 is 15.5 Å². The maximum Gasteiger partial charge on any atom is 0.307 e. The summed E-state index contributed by atoms with van der Waals surface area (Å²) >= 11 is 6.09. The summed E-state index contributed by atoms with van der Waals surface area (Å²) in [6.07, 6.45) is 0.881. The number of anilines is 1. The van der Waals surface area contributed by atoms with E-state index in [0.29, 0.717) is 31.0 Å². The number of carboxylic acid groups (broad SMARTS) is 1. The molecule has 0 aromatic carbocycles. The number of aliphatic hydroxyl groups is 1. The molecule has 2 atom stereocenters. The van der Waals surface area contributed by atoms with Crippen molar-refractivity contribution >= 4 is 23.4 Å². The van der Waals surface area contributed by atoms with Crippen molar-refractivity contribution in [3.05, 3.63) is 28.7 Å². The molecule has 142 valence electrons. The number of carbonyl (C=O) groups is 1. The van der Waals surface area contributed by atoms with Gasteiger partial charge in [0.15, 0.2) is 5.82 Å². The summed E-state index contributed by atoms with van der Waals surface area (Å²) in [4.78, 5) is 16.0. The lowest BCUT2D eigenvalue weighted by molar-refractivity contribution is -0.143. The van der Waals surface area contributed by atoms with Crippen molar-refractivity contribution in [1.82, 2.24) is 25.6 Å². The number of hydrogen-bond donors (Lipinski definition) is 4. The number of aliphatic carboxylic acids is 1. The molecule has 0 aliphatic rings. The Labute approximate surface area is 156 Å². The van der Waals surface area contributed by atoms with Crippen molar-refractivity contribution in [2.75, 3.05) is 18.5 Å². The molecule has 4 N–H and O–H groups in total. The van der Waals surface area contributed by atoms with Crippen LogP contribution in [0.3, 0.4) is 0 Å². The minimum Gasteiger partial charge on any atom is -0.481 e. The van der Waals surface area contributed by atoms with Crippen LogP contribution in [-0.4, -0.2) is 54.9 Å². The smallest absolute Gasteiger partial charge is 0.307 e. The van der Waals surface area contributed by atoms with Crippen molar-refractivity contribution in [2.45, 2.75) is 32.6 Å². The highest BCUT2D eigenvalue weighted by Gasteiger charge is 2.33. The number of H-pyrrole nitrogens is 1. The van der Waals surface area contributed by atoms with Gasteiger partial charge in [0, 0.05) is 12.5 Å². The van der Waals surface area contributed by atoms with Crippen LogP contribution in [0.25, 0.3) is 0 Å². The lowest BCUT2D eigenvalue weighted by Crippen LogP contribution is -2.26. The fraction of sp³-hybridized carbons (Fsp3) is 0.562. The Balaban J connectivity index is 2.32. The Hall–Kier alpha value is -2.26. The summed E-state index contributed by atoms with van der Waals surface area (Å²) in [5, 5.41) is 35.7. The van der Waals surface area contributed by atoms with Crippen LogP contribution in [0.1, 0.15) is 37.6 Å². The van der Waals surface area contributed by atoms with Gasteiger partial charge in [0.25, 0.3) is 0 Å². The standard InChI is InChI=1S/C16H23ClN6O3/c1-9(2)5-12(16(25)26)11(15-20-22-23-21-15)6-10-7-13(17)19-14(8-10)18-3-4-24/h7-9,11-12,24H,3-6H2,1-2H3,(H,18,19)(H,25,26)(H,20,21,22,23)/t11-,12?/m0/s1. The van der Waals surface area contributed by atoms with E-state index in [1.165, 1.54) is 0 Å². The zero-order chi connectivity index (χ0) is 19.1. The number of aliphatic hydroxyl groups excluding tert-OH is 1. The third-order valence-corrected chi connectivity index (χ3v) is 4.16. The zero-order valence-corrected chi connectivity index (χ0v) is 15.4. The average Bonchev–Trinajstić information content (AvgIpc) is 3.09. The molecule has 26 heavy (non-hydrogen) atoms. The zero-order valence-electron chi connectivity index (χ0n) is 14.7. The first-order chi connectivity index (χ1) is 12.4. The fourth-order valence-corrected chi connectivity index (χ4v) is 3.13. The largest absolute Gasteiger partial charge is 0.481 e. The highest BCUT2D eigenvalue weighted by molar-refractivity contribution is 6.29. The molecule has 0 amide bonds. The number of halogens is 1. The van der Waals surface area contributed by atoms with Gasteiger partial charge in [-0.05, 0) is 46.9 Å². The van der Waals surface area contributed by atoms with Crippen molar-refractivity contribution in [2.24, 2.45) is 11.8 Å². The number of rotatable bonds is 10. The third kappa shape index (κ3) is 5.63. The van der Waals surface area contributed by atoms with E-state index in [4.69, 9.17) is 16.7 Å². The van der Waals surface area contributed by atoms with Crippen LogP contribution in [0.4, 0.5) is 5.82 Å². The van der Waals surface area contributed by atoms with Gasteiger partial charge in [-0.1, -0.05) is 25.4 Å². The number of aromatic nitrogens is 5. The molecule has 1 unspecified atom stereocenters. The molecule has 0 fully saturated rings. The quantitative estimate of drug-likeness (QED) is 0.456. The van der Waals surface area contributed by atoms with E-state index in [1.54, 1.807) is 12.1 Å². The topological polar surface area (TPSA) is 137 Å². The number of aromatic amines is 1. The van der Waals surface area contributed by atoms with E-state index in [0.717, 1.165) is 5.56 Å². The Kier molecular flexibility index (Phi) is 7.28. The van der Waals surface area contributed by atoms with E-state index in [9.17, 15) is 9.90 Å². The van der Waals surface area contributed by atoms with E-state index < -0.39 is 17.8 Å². The molecule has 0 saturated carbocycles. The van der Waals surface area contributed by atoms with Crippen LogP contribution < -0.4 is 5.32 Å². The summed E-state index contributed by atoms with van der Waals surface area (Å²) in [5.41, 5.74) is 0.807. The molecular formula is C16H23ClN6O3. The molecule has 2 aromatic rings. The number of nitrogens with zero attached hydrogens (tertiary/aromatic N) is 4. The van der Waals surface area contributed by atoms with Gasteiger partial charge in [-0.15, -0.1) is 5.10 Å². The summed E-state index contributed by atoms with van der Waals surface area (Å²) in [6.45, 7) is 4.26. The first-order valence-electron chi connectivity index (χ1n) is 8.38. The average molecular weight is 383 g/mol. The number of pyridine rings is 1. The summed E-state index contributed by atoms with van der Waals surface area (Å²) < 4.78 is 0. The highest BCUT2D eigenvalue weighted by Crippen LogP contribution is 2.32. The van der Waals surface area contributed by atoms with Gasteiger partial charge in [0.1, 0.15) is 11.0 Å². The van der Waals surface area contributed by atoms with Crippen molar-refractivity contribution in [1.29, 1.82) is 0 Å². The minimum atomic E-state index is -0.890. The van der Waals surface area contributed by atoms with Gasteiger partial charge in [-0.25, -0.2) is 10.1 Å². The minimum absolute atomic E-state index is 0.0363. The molecule has 2 aromatic heterocycles. The normalized spacial score (nSPS) is 13.6. The predicted molar refractivity (Wildman–Crippen MR) is 96.0 cm³/mol. The molecule has 0 aliphatic heterocycles. The molecule has 0 aliphatic carbocycles. The maximum atomic E-state index is 11.9. The Bertz CT molecular complexity index is 710. The SMILES string of the molecule is CC(C)CC(C(=O)O)[C@H](Cc1cc(Cl)nc(NCCO)c1)c1nnn[nH]1. The second kappa shape index (κ2) is 9.44. The Morgan fingerprint density at radius 1 is 1.38 bits per heavy atom. The second-order valence-corrected chi connectivity index (χ2v) is 6.89. The van der Waals surface area contributed by atoms with Gasteiger partial charge in [0.05, 0.1) is 12.5 Å². The van der Waals surface area contributed by atoms with Crippen molar-refractivity contribution < 1.29 is 15.0 Å². The number of hydrogen-bond acceptors (Lipinski definition) is 7. The number of carboxylic acids is 1. The fourth-order valence-electron chi connectivity index (χ4n) is 2.89. The third-order valence-electron chi connectivity index (χ3n) is 3.97. The van der Waals surface area contributed by atoms with E-state index in [2.05, 4.69) is 30.9 Å². The van der Waals surface area contributed by atoms with Crippen LogP contribution in [0.2, 0.25) is 5.15 Å². The molecule has 10 heteroatoms. The second-order valence-electron chi connectivity index (χ2n) is 6.51. The van der Waals surface area contributed by atoms with Crippen molar-refractivity contribution in [3.8, 4) is 0 Å². The van der Waals surface area contributed by atoms with Crippen LogP contribution in [0.5, 0.6) is 0 Å². The Morgan fingerprint density at radius 2 is 2.15 bits per heavy atom. The van der Waals surface area contributed by atoms with Crippen LogP contribution in [0.15, 0.2) is 12.1 Å². The van der Waals surface area contributed by atoms with E-state index >= 15 is 0 Å². The monoisotopic (exact) mass is 382 g/mol. The van der Waals surface area contributed by atoms with Crippen molar-refractivity contribution in [3.63, 3.8) is 0 Å². The summed E-state index contributed by atoms with van der Waals surface area (Å²) in [6, 6.07) is 3.48. The molecule has 0 saturated heterocycles. The first kappa shape index (κ1) is 20.1. The molecule has 9 nitrogen and oxygen atoms in total. The number of nitrogens with one attached hydrogen (secondary N) is 2. The summed E-state index contributed by atoms with van der Waals surface area (Å²) in [7, 11) is 0. The lowest BCUT2D eigenvalue weighted by atomic mass is 9.81. The Morgan fingerprint density at radius 3 is 2.73 bits per heavy atom. The van der Waals surface area contributed by atoms with Crippen LogP contribution in [0, 0.1) is 11.8 Å². The molecular weight excluding hydrogens is 360 g/mol. The van der Waals surface area contributed by atoms with Gasteiger partial charge >= 0.3 is 5.97 Å². The number of tetrazole rings is 1. The molecule has 0 spiro atoms. The lowest BCUT2D eigenvalue weighted by Gasteiger charge is -2.23. The maximum absolute atomic E-state index is 11.9. The van der Waals surface area contributed by atoms with Gasteiger partial charge in [-0.3, -0.25) is 4.79 Å². The van der Waals surface area contributed by atoms with Crippen LogP contribution in [-0.2, 0) is 11.2 Å². The molecule has 0 radical (unpaired) electrons. The van der Waals surface area contributed by atoms with Crippen LogP contribution >= 0.6 is 11.6 Å². The molecule has 0 bridgehead atoms. The van der Waals surface area contributed by atoms with Gasteiger partial charge in [-0.2, -0.15) is 0 Å². The summed E-state index contributed by atoms with van der Waals surface area (Å²) in [5.74, 6) is -0.821. The molecule has 2 heterocycles. The first-order valence-corrected chi connectivity index (χ1v) is 8.76. The van der Waals surface area contributed by atoms with Gasteiger partial charge in [0.2, 0.25) is 0 Å². The highest BCUT2D eigenvalue weighted by atomic mass is 35.5. The predicted octanol–water partition coefficient (Wildman–Crippen LogP) is 1.73. The van der Waals surface area contributed by atoms with E-state index in [-0.39, 0.29) is 17.7 Å².